The molecule has 1 fully saturated rings. The largest absolute Gasteiger partial charge is 0.497 e. The second kappa shape index (κ2) is 7.61. The van der Waals surface area contributed by atoms with Crippen LogP contribution in [0.2, 0.25) is 0 Å². The summed E-state index contributed by atoms with van der Waals surface area (Å²) in [6, 6.07) is 4.99. The minimum Gasteiger partial charge on any atom is -0.497 e. The van der Waals surface area contributed by atoms with Gasteiger partial charge in [0.05, 0.1) is 32.4 Å². The quantitative estimate of drug-likeness (QED) is 0.620. The maximum Gasteiger partial charge on any atom is 0.337 e. The van der Waals surface area contributed by atoms with Gasteiger partial charge in [0.15, 0.2) is 5.60 Å². The van der Waals surface area contributed by atoms with E-state index in [1.165, 1.54) is 19.1 Å². The van der Waals surface area contributed by atoms with Gasteiger partial charge in [0, 0.05) is 19.0 Å². The van der Waals surface area contributed by atoms with Gasteiger partial charge in [0.2, 0.25) is 11.8 Å². The van der Waals surface area contributed by atoms with Gasteiger partial charge < -0.3 is 29.9 Å². The molecule has 9 nitrogen and oxygen atoms in total. The number of anilines is 1. The highest BCUT2D eigenvalue weighted by Crippen LogP contribution is 2.35. The van der Waals surface area contributed by atoms with Crippen molar-refractivity contribution in [2.75, 3.05) is 32.2 Å². The van der Waals surface area contributed by atoms with Crippen molar-refractivity contribution in [2.45, 2.75) is 18.9 Å². The molecule has 0 aromatic heterocycles. The van der Waals surface area contributed by atoms with Crippen LogP contribution in [0.25, 0.3) is 0 Å². The van der Waals surface area contributed by atoms with Crippen molar-refractivity contribution in [1.29, 1.82) is 0 Å². The smallest absolute Gasteiger partial charge is 0.337 e. The molecular formula is C17H22N2O7. The Hall–Kier alpha value is -2.81. The molecular weight excluding hydrogens is 344 g/mol. The summed E-state index contributed by atoms with van der Waals surface area (Å²) >= 11 is 0. The molecule has 0 radical (unpaired) electrons. The zero-order valence-corrected chi connectivity index (χ0v) is 14.8. The highest BCUT2D eigenvalue weighted by molar-refractivity contribution is 6.01. The third-order valence-electron chi connectivity index (χ3n) is 4.24. The first kappa shape index (κ1) is 19.5. The third-order valence-corrected chi connectivity index (χ3v) is 4.24. The molecule has 2 unspecified atom stereocenters. The number of methoxy groups -OCH3 is 2. The lowest BCUT2D eigenvalue weighted by molar-refractivity contribution is -0.156. The van der Waals surface area contributed by atoms with Gasteiger partial charge in [-0.25, -0.2) is 4.79 Å². The Morgan fingerprint density at radius 3 is 2.62 bits per heavy atom. The summed E-state index contributed by atoms with van der Waals surface area (Å²) in [5.74, 6) is -1.83. The maximum absolute atomic E-state index is 12.3. The first-order valence-electron chi connectivity index (χ1n) is 7.95. The molecule has 1 heterocycles. The summed E-state index contributed by atoms with van der Waals surface area (Å²) in [7, 11) is 2.98. The van der Waals surface area contributed by atoms with Gasteiger partial charge in [-0.05, 0) is 19.1 Å². The van der Waals surface area contributed by atoms with Crippen LogP contribution in [-0.2, 0) is 14.4 Å². The van der Waals surface area contributed by atoms with Crippen molar-refractivity contribution >= 4 is 23.5 Å². The molecule has 1 saturated heterocycles. The number of carboxylic acid groups (broad SMARTS) is 1. The number of hydrogen-bond donors (Lipinski definition) is 3. The fourth-order valence-electron chi connectivity index (χ4n) is 2.60. The number of carbonyl (C=O) groups excluding carboxylic acids is 2. The van der Waals surface area contributed by atoms with Gasteiger partial charge in [-0.2, -0.15) is 0 Å². The van der Waals surface area contributed by atoms with Crippen LogP contribution in [0.1, 0.15) is 13.3 Å². The molecule has 0 bridgehead atoms. The van der Waals surface area contributed by atoms with Crippen molar-refractivity contribution in [2.24, 2.45) is 5.92 Å². The van der Waals surface area contributed by atoms with E-state index in [4.69, 9.17) is 14.6 Å². The van der Waals surface area contributed by atoms with E-state index >= 15 is 0 Å². The first-order valence-corrected chi connectivity index (χ1v) is 7.95. The molecule has 9 heteroatoms. The number of rotatable bonds is 7. The maximum atomic E-state index is 12.3. The molecule has 2 rings (SSSR count). The van der Waals surface area contributed by atoms with Crippen molar-refractivity contribution < 1.29 is 34.1 Å². The van der Waals surface area contributed by atoms with Gasteiger partial charge in [-0.15, -0.1) is 0 Å². The summed E-state index contributed by atoms with van der Waals surface area (Å²) in [5, 5.41) is 20.9. The highest BCUT2D eigenvalue weighted by Gasteiger charge is 2.38. The third kappa shape index (κ3) is 4.05. The first-order chi connectivity index (χ1) is 12.2. The number of nitrogens with zero attached hydrogens (tertiary/aromatic N) is 1. The zero-order chi connectivity index (χ0) is 19.5. The van der Waals surface area contributed by atoms with Crippen LogP contribution < -0.4 is 19.7 Å². The lowest BCUT2D eigenvalue weighted by Crippen LogP contribution is -2.48. The van der Waals surface area contributed by atoms with Gasteiger partial charge in [-0.1, -0.05) is 0 Å². The van der Waals surface area contributed by atoms with E-state index in [-0.39, 0.29) is 18.9 Å². The number of nitrogens with one attached hydrogen (secondary N) is 1. The van der Waals surface area contributed by atoms with Crippen LogP contribution in [0, 0.1) is 5.92 Å². The predicted octanol–water partition coefficient (Wildman–Crippen LogP) is 0.00850. The fourth-order valence-corrected chi connectivity index (χ4v) is 2.60. The lowest BCUT2D eigenvalue weighted by atomic mass is 10.1. The van der Waals surface area contributed by atoms with E-state index in [9.17, 15) is 19.5 Å². The topological polar surface area (TPSA) is 125 Å². The van der Waals surface area contributed by atoms with E-state index in [0.29, 0.717) is 17.2 Å². The molecule has 3 N–H and O–H groups in total. The molecule has 0 aliphatic carbocycles. The minimum atomic E-state index is -2.07. The minimum absolute atomic E-state index is 0.0176. The van der Waals surface area contributed by atoms with Gasteiger partial charge in [0.1, 0.15) is 11.5 Å². The lowest BCUT2D eigenvalue weighted by Gasteiger charge is -2.21. The average molecular weight is 366 g/mol. The van der Waals surface area contributed by atoms with E-state index in [1.807, 2.05) is 0 Å². The number of carboxylic acids is 1. The van der Waals surface area contributed by atoms with E-state index in [0.717, 1.165) is 6.92 Å². The second-order valence-corrected chi connectivity index (χ2v) is 6.24. The monoisotopic (exact) mass is 366 g/mol. The summed E-state index contributed by atoms with van der Waals surface area (Å²) in [5.41, 5.74) is -1.55. The van der Waals surface area contributed by atoms with Crippen LogP contribution in [0.15, 0.2) is 18.2 Å². The van der Waals surface area contributed by atoms with Crippen molar-refractivity contribution in [3.63, 3.8) is 0 Å². The summed E-state index contributed by atoms with van der Waals surface area (Å²) < 4.78 is 10.4. The molecule has 1 aliphatic heterocycles. The second-order valence-electron chi connectivity index (χ2n) is 6.24. The van der Waals surface area contributed by atoms with Crippen LogP contribution in [-0.4, -0.2) is 60.9 Å². The van der Waals surface area contributed by atoms with Crippen LogP contribution in [0.4, 0.5) is 5.69 Å². The molecule has 1 aliphatic rings. The normalized spacial score (nSPS) is 19.0. The molecule has 2 atom stereocenters. The number of carbonyl (C=O) groups is 3. The molecule has 26 heavy (non-hydrogen) atoms. The molecule has 0 saturated carbocycles. The Balaban J connectivity index is 2.09. The van der Waals surface area contributed by atoms with Crippen molar-refractivity contribution in [3.8, 4) is 11.5 Å². The average Bonchev–Trinajstić information content (AvgIpc) is 3.00. The Kier molecular flexibility index (Phi) is 5.71. The molecule has 0 spiro atoms. The van der Waals surface area contributed by atoms with Crippen molar-refractivity contribution in [1.82, 2.24) is 5.32 Å². The summed E-state index contributed by atoms with van der Waals surface area (Å²) in [6.07, 6.45) is -0.0176. The van der Waals surface area contributed by atoms with Gasteiger partial charge >= 0.3 is 5.97 Å². The van der Waals surface area contributed by atoms with Crippen LogP contribution >= 0.6 is 0 Å². The Morgan fingerprint density at radius 1 is 1.35 bits per heavy atom. The molecule has 142 valence electrons. The van der Waals surface area contributed by atoms with Crippen LogP contribution in [0.5, 0.6) is 11.5 Å². The number of aliphatic carboxylic acids is 1. The van der Waals surface area contributed by atoms with E-state index < -0.39 is 29.9 Å². The molecule has 2 amide bonds. The highest BCUT2D eigenvalue weighted by atomic mass is 16.5. The molecule has 1 aromatic rings. The Bertz CT molecular complexity index is 717. The SMILES string of the molecule is COc1ccc(N2CC(C(=O)NCC(C)(O)C(=O)O)CC2=O)c(OC)c1. The molecule has 1 aromatic carbocycles. The summed E-state index contributed by atoms with van der Waals surface area (Å²) in [6.45, 7) is 0.768. The standard InChI is InChI=1S/C17H22N2O7/c1-17(24,16(22)23)9-18-15(21)10-6-14(20)19(8-10)12-5-4-11(25-2)7-13(12)26-3/h4-5,7,10,24H,6,8-9H2,1-3H3,(H,18,21)(H,22,23). The predicted molar refractivity (Wildman–Crippen MR) is 91.3 cm³/mol. The van der Waals surface area contributed by atoms with Gasteiger partial charge in [0.25, 0.3) is 0 Å². The Morgan fingerprint density at radius 2 is 2.04 bits per heavy atom. The zero-order valence-electron chi connectivity index (χ0n) is 14.8. The number of benzene rings is 1. The van der Waals surface area contributed by atoms with E-state index in [2.05, 4.69) is 5.32 Å². The number of ether oxygens (including phenoxy) is 2. The Labute approximate surface area is 150 Å². The number of aliphatic hydroxyl groups is 1. The number of hydrogen-bond acceptors (Lipinski definition) is 6. The fraction of sp³-hybridized carbons (Fsp3) is 0.471. The number of amides is 2. The summed E-state index contributed by atoms with van der Waals surface area (Å²) in [4.78, 5) is 36.9. The van der Waals surface area contributed by atoms with Gasteiger partial charge in [-0.3, -0.25) is 9.59 Å². The van der Waals surface area contributed by atoms with Crippen molar-refractivity contribution in [3.05, 3.63) is 18.2 Å². The van der Waals surface area contributed by atoms with Crippen LogP contribution in [0.3, 0.4) is 0 Å². The van der Waals surface area contributed by atoms with E-state index in [1.54, 1.807) is 18.2 Å².